The zero-order valence-electron chi connectivity index (χ0n) is 11.4. The fraction of sp³-hybridized carbons (Fsp3) is 0.375. The molecule has 0 saturated heterocycles. The van der Waals surface area contributed by atoms with Crippen LogP contribution in [0.3, 0.4) is 0 Å². The van der Waals surface area contributed by atoms with Crippen molar-refractivity contribution in [3.05, 3.63) is 48.0 Å². The Morgan fingerprint density at radius 1 is 0.944 bits per heavy atom. The van der Waals surface area contributed by atoms with Crippen LogP contribution in [0.1, 0.15) is 32.4 Å². The van der Waals surface area contributed by atoms with Crippen LogP contribution in [0.25, 0.3) is 10.8 Å². The van der Waals surface area contributed by atoms with Crippen LogP contribution in [0.2, 0.25) is 0 Å². The van der Waals surface area contributed by atoms with Crippen molar-refractivity contribution in [2.75, 3.05) is 0 Å². The molecular weight excluding hydrogens is 220 g/mol. The highest BCUT2D eigenvalue weighted by molar-refractivity contribution is 5.86. The summed E-state index contributed by atoms with van der Waals surface area (Å²) in [5.74, 6) is 6.86. The molecule has 2 aromatic carbocycles. The van der Waals surface area contributed by atoms with Crippen LogP contribution >= 0.6 is 0 Å². The van der Waals surface area contributed by atoms with Gasteiger partial charge in [-0.25, -0.2) is 0 Å². The van der Waals surface area contributed by atoms with Crippen molar-refractivity contribution in [1.82, 2.24) is 5.43 Å². The fourth-order valence-corrected chi connectivity index (χ4v) is 2.43. The first-order valence-electron chi connectivity index (χ1n) is 6.59. The van der Waals surface area contributed by atoms with Gasteiger partial charge >= 0.3 is 0 Å². The number of hydrogen-bond acceptors (Lipinski definition) is 2. The van der Waals surface area contributed by atoms with Gasteiger partial charge in [-0.15, -0.1) is 0 Å². The average Bonchev–Trinajstić information content (AvgIpc) is 2.39. The molecule has 0 aromatic heterocycles. The zero-order valence-corrected chi connectivity index (χ0v) is 11.4. The Hall–Kier alpha value is -1.38. The van der Waals surface area contributed by atoms with Gasteiger partial charge in [-0.1, -0.05) is 63.2 Å². The molecule has 0 fully saturated rings. The van der Waals surface area contributed by atoms with Crippen molar-refractivity contribution in [2.24, 2.45) is 17.7 Å². The summed E-state index contributed by atoms with van der Waals surface area (Å²) >= 11 is 0. The van der Waals surface area contributed by atoms with Crippen molar-refractivity contribution >= 4 is 10.8 Å². The smallest absolute Gasteiger partial charge is 0.0494 e. The van der Waals surface area contributed by atoms with E-state index in [9.17, 15) is 0 Å². The van der Waals surface area contributed by atoms with E-state index < -0.39 is 0 Å². The second kappa shape index (κ2) is 5.51. The van der Waals surface area contributed by atoms with E-state index >= 15 is 0 Å². The van der Waals surface area contributed by atoms with Crippen molar-refractivity contribution in [2.45, 2.75) is 26.8 Å². The monoisotopic (exact) mass is 242 g/mol. The molecule has 0 amide bonds. The first kappa shape index (κ1) is 13.1. The summed E-state index contributed by atoms with van der Waals surface area (Å²) in [5.41, 5.74) is 4.28. The molecule has 3 N–H and O–H groups in total. The second-order valence-corrected chi connectivity index (χ2v) is 5.32. The average molecular weight is 242 g/mol. The van der Waals surface area contributed by atoms with Gasteiger partial charge in [0.15, 0.2) is 0 Å². The lowest BCUT2D eigenvalue weighted by atomic mass is 9.84. The molecule has 0 bridgehead atoms. The maximum Gasteiger partial charge on any atom is 0.0494 e. The zero-order chi connectivity index (χ0) is 13.1. The highest BCUT2D eigenvalue weighted by Gasteiger charge is 2.22. The minimum Gasteiger partial charge on any atom is -0.271 e. The minimum atomic E-state index is 0.191. The predicted molar refractivity (Wildman–Crippen MR) is 78.0 cm³/mol. The number of hydrogen-bond donors (Lipinski definition) is 2. The Morgan fingerprint density at radius 3 is 2.28 bits per heavy atom. The fourth-order valence-electron chi connectivity index (χ4n) is 2.43. The van der Waals surface area contributed by atoms with Crippen molar-refractivity contribution < 1.29 is 0 Å². The first-order valence-corrected chi connectivity index (χ1v) is 6.59. The topological polar surface area (TPSA) is 38.0 Å². The first-order chi connectivity index (χ1) is 8.65. The van der Waals surface area contributed by atoms with Crippen LogP contribution in [-0.2, 0) is 0 Å². The lowest BCUT2D eigenvalue weighted by Gasteiger charge is -2.27. The number of fused-ring (bicyclic) bond motifs is 1. The van der Waals surface area contributed by atoms with E-state index in [4.69, 9.17) is 5.84 Å². The van der Waals surface area contributed by atoms with E-state index in [1.165, 1.54) is 16.3 Å². The highest BCUT2D eigenvalue weighted by Crippen LogP contribution is 2.31. The third kappa shape index (κ3) is 2.40. The number of hydrazine groups is 1. The predicted octanol–water partition coefficient (Wildman–Crippen LogP) is 3.64. The van der Waals surface area contributed by atoms with Gasteiger partial charge in [0.25, 0.3) is 0 Å². The molecule has 2 aromatic rings. The molecule has 2 heteroatoms. The van der Waals surface area contributed by atoms with E-state index in [1.54, 1.807) is 0 Å². The van der Waals surface area contributed by atoms with E-state index in [0.29, 0.717) is 11.8 Å². The summed E-state index contributed by atoms with van der Waals surface area (Å²) in [6, 6.07) is 15.1. The molecule has 0 aliphatic carbocycles. The van der Waals surface area contributed by atoms with Gasteiger partial charge in [-0.3, -0.25) is 11.3 Å². The van der Waals surface area contributed by atoms with Gasteiger partial charge < -0.3 is 0 Å². The maximum atomic E-state index is 5.78. The summed E-state index contributed by atoms with van der Waals surface area (Å²) < 4.78 is 0. The SMILES string of the molecule is CC(C)C(C)C(NN)c1cccc2ccccc12. The second-order valence-electron chi connectivity index (χ2n) is 5.32. The van der Waals surface area contributed by atoms with Crippen LogP contribution in [0, 0.1) is 11.8 Å². The highest BCUT2D eigenvalue weighted by atomic mass is 15.2. The number of nitrogens with one attached hydrogen (secondary N) is 1. The summed E-state index contributed by atoms with van der Waals surface area (Å²) in [7, 11) is 0. The van der Waals surface area contributed by atoms with Crippen LogP contribution in [-0.4, -0.2) is 0 Å². The van der Waals surface area contributed by atoms with Crippen LogP contribution < -0.4 is 11.3 Å². The lowest BCUT2D eigenvalue weighted by Crippen LogP contribution is -2.34. The minimum absolute atomic E-state index is 0.191. The molecule has 0 aliphatic rings. The maximum absolute atomic E-state index is 5.78. The Bertz CT molecular complexity index is 514. The molecule has 0 aliphatic heterocycles. The van der Waals surface area contributed by atoms with Gasteiger partial charge in [0.1, 0.15) is 0 Å². The van der Waals surface area contributed by atoms with Gasteiger partial charge in [0.05, 0.1) is 0 Å². The van der Waals surface area contributed by atoms with Crippen molar-refractivity contribution in [3.63, 3.8) is 0 Å². The van der Waals surface area contributed by atoms with E-state index in [0.717, 1.165) is 0 Å². The van der Waals surface area contributed by atoms with E-state index in [2.05, 4.69) is 68.7 Å². The lowest BCUT2D eigenvalue weighted by molar-refractivity contribution is 0.308. The third-order valence-corrected chi connectivity index (χ3v) is 3.92. The number of rotatable bonds is 4. The molecular formula is C16H22N2. The summed E-state index contributed by atoms with van der Waals surface area (Å²) in [6.07, 6.45) is 0. The van der Waals surface area contributed by atoms with Gasteiger partial charge in [-0.2, -0.15) is 0 Å². The Morgan fingerprint density at radius 2 is 1.61 bits per heavy atom. The Kier molecular flexibility index (Phi) is 4.00. The van der Waals surface area contributed by atoms with E-state index in [-0.39, 0.29) is 6.04 Å². The van der Waals surface area contributed by atoms with Crippen LogP contribution in [0.4, 0.5) is 0 Å². The van der Waals surface area contributed by atoms with Gasteiger partial charge in [-0.05, 0) is 28.2 Å². The molecule has 2 unspecified atom stereocenters. The molecule has 2 rings (SSSR count). The molecule has 18 heavy (non-hydrogen) atoms. The van der Waals surface area contributed by atoms with Crippen molar-refractivity contribution in [3.8, 4) is 0 Å². The number of benzene rings is 2. The van der Waals surface area contributed by atoms with Crippen molar-refractivity contribution in [1.29, 1.82) is 0 Å². The molecule has 2 nitrogen and oxygen atoms in total. The quantitative estimate of drug-likeness (QED) is 0.634. The normalized spacial score (nSPS) is 14.9. The molecule has 0 heterocycles. The largest absolute Gasteiger partial charge is 0.271 e. The van der Waals surface area contributed by atoms with Crippen LogP contribution in [0.5, 0.6) is 0 Å². The van der Waals surface area contributed by atoms with Gasteiger partial charge in [0.2, 0.25) is 0 Å². The summed E-state index contributed by atoms with van der Waals surface area (Å²) in [6.45, 7) is 6.72. The third-order valence-electron chi connectivity index (χ3n) is 3.92. The standard InChI is InChI=1S/C16H22N2/c1-11(2)12(3)16(18-17)15-10-6-8-13-7-4-5-9-14(13)15/h4-12,16,18H,17H2,1-3H3. The van der Waals surface area contributed by atoms with Gasteiger partial charge in [0, 0.05) is 6.04 Å². The molecule has 0 radical (unpaired) electrons. The summed E-state index contributed by atoms with van der Waals surface area (Å²) in [5, 5.41) is 2.56. The Labute approximate surface area is 109 Å². The van der Waals surface area contributed by atoms with E-state index in [1.807, 2.05) is 0 Å². The summed E-state index contributed by atoms with van der Waals surface area (Å²) in [4.78, 5) is 0. The van der Waals surface area contributed by atoms with Crippen LogP contribution in [0.15, 0.2) is 42.5 Å². The molecule has 2 atom stereocenters. The molecule has 0 saturated carbocycles. The molecule has 96 valence electrons. The number of nitrogens with two attached hydrogens (primary N) is 1. The molecule has 0 spiro atoms. The Balaban J connectivity index is 2.51.